The first-order valence-electron chi connectivity index (χ1n) is 34.8. The van der Waals surface area contributed by atoms with Crippen molar-refractivity contribution < 1.29 is 4.39 Å². The first kappa shape index (κ1) is 59.4. The fourth-order valence-electron chi connectivity index (χ4n) is 17.3. The fourth-order valence-corrected chi connectivity index (χ4v) is 17.3. The Kier molecular flexibility index (Phi) is 14.5. The Morgan fingerprint density at radius 1 is 0.531 bits per heavy atom. The number of aryl methyl sites for hydroxylation is 1. The standard InChI is InChI=1S/C28H26N6.C27H25N5.C25H23FN6/c29-14-20-4-6-21(7-5-20)22-13-26-27-31-30-19-34(27)25-9-8-24(12-23(25)16-32(26)15-22)33-17-28(18-33)10-2-1-3-11-28;1-18-9-10-30(15-18)24-7-8-25-23(11-24)17-31-16-22(21-5-3-20(13-28)4-6-21)12-26(31)27-29-14-19(2)32(25)27;26-20-6-4-16(5-7-20)18-13-24-25-27-28-29-32(25)23-9-8-21(12-19(23)15-30(24)14-18)31-11-10-17-2-1-3-22(17)31/h4-9,12-13,15,19H,1-3,10-11,16-18H2;3-8,11-12,14,16,18H,9-10,15,17H2,1-2H3;4-9,12-14,17,22H,1-3,10-11,15H2/t;18-;17-,22+/m.01/s1. The molecule has 2 saturated carbocycles. The molecule has 20 rings (SSSR count). The minimum absolute atomic E-state index is 0.230. The largest absolute Gasteiger partial charge is 0.371 e. The van der Waals surface area contributed by atoms with Crippen molar-refractivity contribution in [3.05, 3.63) is 216 Å². The highest BCUT2D eigenvalue weighted by Crippen LogP contribution is 2.47. The maximum Gasteiger partial charge on any atom is 0.203 e. The van der Waals surface area contributed by atoms with Crippen molar-refractivity contribution in [3.8, 4) is 97.1 Å². The van der Waals surface area contributed by atoms with Crippen LogP contribution in [0.15, 0.2) is 177 Å². The van der Waals surface area contributed by atoms with E-state index < -0.39 is 0 Å². The van der Waals surface area contributed by atoms with Gasteiger partial charge in [0.05, 0.1) is 57.4 Å². The van der Waals surface area contributed by atoms with Crippen LogP contribution >= 0.6 is 0 Å². The summed E-state index contributed by atoms with van der Waals surface area (Å²) in [7, 11) is 0. The highest BCUT2D eigenvalue weighted by molar-refractivity contribution is 5.76. The Hall–Kier alpha value is -11.1. The van der Waals surface area contributed by atoms with E-state index in [0.717, 1.165) is 136 Å². The van der Waals surface area contributed by atoms with Gasteiger partial charge in [0.15, 0.2) is 11.6 Å². The highest BCUT2D eigenvalue weighted by Gasteiger charge is 2.44. The van der Waals surface area contributed by atoms with Crippen LogP contribution in [0.1, 0.15) is 105 Å². The van der Waals surface area contributed by atoms with Gasteiger partial charge in [-0.25, -0.2) is 9.37 Å². The lowest BCUT2D eigenvalue weighted by Crippen LogP contribution is -2.57. The summed E-state index contributed by atoms with van der Waals surface area (Å²) in [6, 6.07) is 54.2. The molecule has 6 aromatic heterocycles. The van der Waals surface area contributed by atoms with Crippen molar-refractivity contribution in [1.29, 1.82) is 10.5 Å². The monoisotopic (exact) mass is 1290 g/mol. The molecular weight excluding hydrogens is 1220 g/mol. The molecule has 17 nitrogen and oxygen atoms in total. The first-order chi connectivity index (χ1) is 48.1. The van der Waals surface area contributed by atoms with Crippen LogP contribution in [-0.2, 0) is 19.6 Å². The van der Waals surface area contributed by atoms with E-state index >= 15 is 0 Å². The Morgan fingerprint density at radius 2 is 1.10 bits per heavy atom. The van der Waals surface area contributed by atoms with Crippen LogP contribution in [0.4, 0.5) is 21.5 Å². The Balaban J connectivity index is 0.000000107. The lowest BCUT2D eigenvalue weighted by molar-refractivity contribution is 0.139. The first-order valence-corrected chi connectivity index (χ1v) is 34.8. The summed E-state index contributed by atoms with van der Waals surface area (Å²) in [5.41, 5.74) is 23.8. The Bertz CT molecular complexity index is 5120. The van der Waals surface area contributed by atoms with E-state index in [-0.39, 0.29) is 5.82 Å². The Labute approximate surface area is 568 Å². The molecule has 6 aliphatic heterocycles. The second-order valence-corrected chi connectivity index (χ2v) is 28.5. The van der Waals surface area contributed by atoms with Gasteiger partial charge in [0.25, 0.3) is 0 Å². The van der Waals surface area contributed by atoms with Crippen molar-refractivity contribution in [2.75, 3.05) is 47.4 Å². The van der Waals surface area contributed by atoms with Crippen LogP contribution in [-0.4, -0.2) is 97.0 Å². The highest BCUT2D eigenvalue weighted by atomic mass is 19.1. The number of halogens is 1. The van der Waals surface area contributed by atoms with E-state index in [4.69, 9.17) is 15.5 Å². The molecule has 8 aliphatic rings. The van der Waals surface area contributed by atoms with Crippen LogP contribution in [0.2, 0.25) is 0 Å². The third-order valence-corrected chi connectivity index (χ3v) is 22.4. The number of hydrogen-bond donors (Lipinski definition) is 0. The van der Waals surface area contributed by atoms with Gasteiger partial charge >= 0.3 is 0 Å². The van der Waals surface area contributed by atoms with Crippen LogP contribution in [0.3, 0.4) is 0 Å². The van der Waals surface area contributed by atoms with Gasteiger partial charge in [-0.1, -0.05) is 69.0 Å². The van der Waals surface area contributed by atoms with E-state index in [1.165, 1.54) is 129 Å². The molecule has 2 aliphatic carbocycles. The van der Waals surface area contributed by atoms with Gasteiger partial charge in [0, 0.05) is 128 Å². The number of benzene rings is 6. The smallest absolute Gasteiger partial charge is 0.203 e. The number of rotatable bonds is 6. The van der Waals surface area contributed by atoms with Gasteiger partial charge in [0.2, 0.25) is 5.82 Å². The van der Waals surface area contributed by atoms with E-state index in [2.05, 4.69) is 181 Å². The summed E-state index contributed by atoms with van der Waals surface area (Å²) < 4.78 is 26.4. The molecule has 3 atom stereocenters. The number of nitrogens with zero attached hydrogens (tertiary/aromatic N) is 17. The normalized spacial score (nSPS) is 18.5. The van der Waals surface area contributed by atoms with Crippen molar-refractivity contribution in [3.63, 3.8) is 0 Å². The van der Waals surface area contributed by atoms with Crippen molar-refractivity contribution in [1.82, 2.24) is 58.2 Å². The number of tetrazole rings is 1. The van der Waals surface area contributed by atoms with Gasteiger partial charge in [-0.15, -0.1) is 15.3 Å². The summed E-state index contributed by atoms with van der Waals surface area (Å²) in [6.45, 7) is 12.6. The molecule has 12 aromatic rings. The zero-order valence-electron chi connectivity index (χ0n) is 55.2. The van der Waals surface area contributed by atoms with E-state index in [1.807, 2.05) is 77.9 Å². The molecule has 3 saturated heterocycles. The number of imidazole rings is 1. The molecule has 486 valence electrons. The maximum absolute atomic E-state index is 13.4. The number of nitriles is 2. The zero-order chi connectivity index (χ0) is 65.8. The summed E-state index contributed by atoms with van der Waals surface area (Å²) >= 11 is 0. The van der Waals surface area contributed by atoms with Crippen molar-refractivity contribution >= 4 is 17.1 Å². The molecule has 0 bridgehead atoms. The van der Waals surface area contributed by atoms with E-state index in [1.54, 1.807) is 0 Å². The number of anilines is 3. The van der Waals surface area contributed by atoms with Gasteiger partial charge in [-0.3, -0.25) is 9.13 Å². The summed E-state index contributed by atoms with van der Waals surface area (Å²) in [6.07, 6.45) is 23.9. The maximum atomic E-state index is 13.4. The fraction of sp³-hybridized carbons (Fsp3) is 0.300. The van der Waals surface area contributed by atoms with Gasteiger partial charge in [-0.2, -0.15) is 15.2 Å². The molecule has 98 heavy (non-hydrogen) atoms. The summed E-state index contributed by atoms with van der Waals surface area (Å²) in [4.78, 5) is 12.5. The molecule has 1 spiro atoms. The third-order valence-electron chi connectivity index (χ3n) is 22.4. The van der Waals surface area contributed by atoms with Crippen LogP contribution < -0.4 is 14.7 Å². The predicted octanol–water partition coefficient (Wildman–Crippen LogP) is 15.5. The second kappa shape index (κ2) is 23.9. The molecule has 18 heteroatoms. The molecule has 0 amide bonds. The zero-order valence-corrected chi connectivity index (χ0v) is 55.2. The molecule has 12 heterocycles. The lowest BCUT2D eigenvalue weighted by Gasteiger charge is -2.53. The molecule has 5 fully saturated rings. The number of aromatic nitrogens is 12. The Morgan fingerprint density at radius 3 is 1.74 bits per heavy atom. The molecule has 6 aromatic carbocycles. The number of fused-ring (bicyclic) bond motifs is 16. The van der Waals surface area contributed by atoms with Gasteiger partial charge < -0.3 is 28.4 Å². The molecule has 0 N–H and O–H groups in total. The summed E-state index contributed by atoms with van der Waals surface area (Å²) in [5, 5.41) is 39.6. The third kappa shape index (κ3) is 10.5. The van der Waals surface area contributed by atoms with E-state index in [9.17, 15) is 4.39 Å². The summed E-state index contributed by atoms with van der Waals surface area (Å²) in [5.74, 6) is 3.94. The van der Waals surface area contributed by atoms with Crippen molar-refractivity contribution in [2.24, 2.45) is 17.3 Å². The minimum Gasteiger partial charge on any atom is -0.371 e. The van der Waals surface area contributed by atoms with E-state index in [0.29, 0.717) is 22.6 Å². The molecule has 0 radical (unpaired) electrons. The quantitative estimate of drug-likeness (QED) is 0.156. The second-order valence-electron chi connectivity index (χ2n) is 28.5. The topological polar surface area (TPSA) is 164 Å². The lowest BCUT2D eigenvalue weighted by atomic mass is 9.68. The van der Waals surface area contributed by atoms with Crippen LogP contribution in [0.5, 0.6) is 0 Å². The van der Waals surface area contributed by atoms with Crippen LogP contribution in [0, 0.1) is 52.7 Å². The van der Waals surface area contributed by atoms with Crippen LogP contribution in [0.25, 0.3) is 85.0 Å². The van der Waals surface area contributed by atoms with Gasteiger partial charge in [-0.05, 0) is 210 Å². The molecular formula is C80H74FN17. The minimum atomic E-state index is -0.230. The molecule has 0 unspecified atom stereocenters. The SMILES string of the molecule is Cc1cnc2n1-c1ccc(N3CC[C@H](C)C3)cc1Cn1cc(-c3ccc(C#N)cc3)cc1-2.Fc1ccc(-c2cc3n(c2)Cc2cc(N4CC[C@H]5CCC[C@@H]54)ccc2-n2nnnc2-3)cc1.N#Cc1ccc(-c2cc3n(c2)Cc2cc(N4CC5(CCCCC5)C4)ccc2-n2cnnc2-3)cc1. The average molecular weight is 1290 g/mol. The average Bonchev–Trinajstić information content (AvgIpc) is 1.57. The number of hydrogen-bond acceptors (Lipinski definition) is 11. The van der Waals surface area contributed by atoms with Gasteiger partial charge in [0.1, 0.15) is 12.1 Å². The van der Waals surface area contributed by atoms with Crippen molar-refractivity contribution in [2.45, 2.75) is 104 Å². The predicted molar refractivity (Wildman–Crippen MR) is 379 cm³/mol.